The monoisotopic (exact) mass is 362 g/mol. The Hall–Kier alpha value is -2.83. The predicted molar refractivity (Wildman–Crippen MR) is 91.8 cm³/mol. The highest BCUT2D eigenvalue weighted by molar-refractivity contribution is 5.97. The number of hydrogen-bond acceptors (Lipinski definition) is 3. The third-order valence-electron chi connectivity index (χ3n) is 3.64. The van der Waals surface area contributed by atoms with Crippen molar-refractivity contribution >= 4 is 17.0 Å². The number of benzene rings is 2. The SMILES string of the molecule is CC(C)(C)OC(=O)n1nc(-c2ccc(C(F)(F)F)cc2)c2ccccc21. The van der Waals surface area contributed by atoms with Crippen molar-refractivity contribution in [2.24, 2.45) is 0 Å². The molecule has 0 saturated carbocycles. The van der Waals surface area contributed by atoms with E-state index in [0.29, 0.717) is 22.2 Å². The molecule has 1 heterocycles. The molecule has 0 aliphatic rings. The maximum atomic E-state index is 12.8. The highest BCUT2D eigenvalue weighted by Crippen LogP contribution is 2.33. The zero-order valence-corrected chi connectivity index (χ0v) is 14.5. The van der Waals surface area contributed by atoms with E-state index in [1.54, 1.807) is 45.0 Å². The Balaban J connectivity index is 2.09. The van der Waals surface area contributed by atoms with Gasteiger partial charge in [0.15, 0.2) is 0 Å². The van der Waals surface area contributed by atoms with Crippen LogP contribution >= 0.6 is 0 Å². The van der Waals surface area contributed by atoms with Gasteiger partial charge in [0.2, 0.25) is 0 Å². The van der Waals surface area contributed by atoms with Gasteiger partial charge < -0.3 is 4.74 Å². The van der Waals surface area contributed by atoms with Crippen LogP contribution in [0, 0.1) is 0 Å². The summed E-state index contributed by atoms with van der Waals surface area (Å²) in [6.07, 6.45) is -5.05. The number of nitrogens with zero attached hydrogens (tertiary/aromatic N) is 2. The van der Waals surface area contributed by atoms with Crippen molar-refractivity contribution in [3.8, 4) is 11.3 Å². The standard InChI is InChI=1S/C19H17F3N2O2/c1-18(2,3)26-17(25)24-15-7-5-4-6-14(15)16(23-24)12-8-10-13(11-9-12)19(20,21)22/h4-11H,1-3H3. The lowest BCUT2D eigenvalue weighted by Crippen LogP contribution is -2.27. The van der Waals surface area contributed by atoms with E-state index in [0.717, 1.165) is 16.8 Å². The van der Waals surface area contributed by atoms with Crippen LogP contribution in [0.1, 0.15) is 26.3 Å². The number of carbonyl (C=O) groups is 1. The smallest absolute Gasteiger partial charge is 0.435 e. The third kappa shape index (κ3) is 3.56. The van der Waals surface area contributed by atoms with Crippen LogP contribution in [0.25, 0.3) is 22.2 Å². The fraction of sp³-hybridized carbons (Fsp3) is 0.263. The van der Waals surface area contributed by atoms with E-state index in [9.17, 15) is 18.0 Å². The topological polar surface area (TPSA) is 44.1 Å². The van der Waals surface area contributed by atoms with Gasteiger partial charge in [0.05, 0.1) is 11.1 Å². The number of fused-ring (bicyclic) bond motifs is 1. The molecule has 3 aromatic rings. The molecular formula is C19H17F3N2O2. The molecule has 0 unspecified atom stereocenters. The summed E-state index contributed by atoms with van der Waals surface area (Å²) >= 11 is 0. The van der Waals surface area contributed by atoms with Crippen molar-refractivity contribution in [1.82, 2.24) is 9.78 Å². The van der Waals surface area contributed by atoms with Gasteiger partial charge in [0.25, 0.3) is 0 Å². The Morgan fingerprint density at radius 2 is 1.62 bits per heavy atom. The molecule has 136 valence electrons. The molecule has 7 heteroatoms. The molecule has 0 N–H and O–H groups in total. The number of ether oxygens (including phenoxy) is 1. The summed E-state index contributed by atoms with van der Waals surface area (Å²) < 4.78 is 44.8. The molecule has 4 nitrogen and oxygen atoms in total. The number of hydrogen-bond donors (Lipinski definition) is 0. The molecule has 0 aliphatic carbocycles. The lowest BCUT2D eigenvalue weighted by molar-refractivity contribution is -0.137. The van der Waals surface area contributed by atoms with Crippen LogP contribution < -0.4 is 0 Å². The van der Waals surface area contributed by atoms with Crippen LogP contribution in [0.3, 0.4) is 0 Å². The minimum absolute atomic E-state index is 0.417. The van der Waals surface area contributed by atoms with Crippen molar-refractivity contribution in [2.75, 3.05) is 0 Å². The minimum Gasteiger partial charge on any atom is -0.442 e. The van der Waals surface area contributed by atoms with Gasteiger partial charge in [0.1, 0.15) is 11.3 Å². The number of alkyl halides is 3. The van der Waals surface area contributed by atoms with Gasteiger partial charge in [-0.3, -0.25) is 0 Å². The maximum absolute atomic E-state index is 12.8. The van der Waals surface area contributed by atoms with E-state index in [2.05, 4.69) is 5.10 Å². The van der Waals surface area contributed by atoms with E-state index >= 15 is 0 Å². The molecule has 3 rings (SSSR count). The molecule has 0 fully saturated rings. The molecule has 0 spiro atoms. The van der Waals surface area contributed by atoms with E-state index in [-0.39, 0.29) is 0 Å². The second-order valence-electron chi connectivity index (χ2n) is 6.83. The summed E-state index contributed by atoms with van der Waals surface area (Å²) in [6.45, 7) is 5.23. The highest BCUT2D eigenvalue weighted by atomic mass is 19.4. The Morgan fingerprint density at radius 3 is 2.19 bits per heavy atom. The zero-order valence-electron chi connectivity index (χ0n) is 14.5. The highest BCUT2D eigenvalue weighted by Gasteiger charge is 2.30. The van der Waals surface area contributed by atoms with Crippen LogP contribution in [0.4, 0.5) is 18.0 Å². The van der Waals surface area contributed by atoms with Gasteiger partial charge in [-0.1, -0.05) is 30.3 Å². The van der Waals surface area contributed by atoms with Crippen LogP contribution in [-0.2, 0) is 10.9 Å². The molecule has 2 aromatic carbocycles. The number of para-hydroxylation sites is 1. The van der Waals surface area contributed by atoms with Crippen molar-refractivity contribution < 1.29 is 22.7 Å². The van der Waals surface area contributed by atoms with E-state index in [1.165, 1.54) is 12.1 Å². The fourth-order valence-electron chi connectivity index (χ4n) is 2.54. The Bertz CT molecular complexity index is 952. The van der Waals surface area contributed by atoms with Crippen molar-refractivity contribution in [2.45, 2.75) is 32.5 Å². The first-order valence-electron chi connectivity index (χ1n) is 7.95. The second kappa shape index (κ2) is 6.16. The first kappa shape index (κ1) is 18.0. The summed E-state index contributed by atoms with van der Waals surface area (Å²) in [5.74, 6) is 0. The van der Waals surface area contributed by atoms with Crippen molar-refractivity contribution in [3.05, 3.63) is 54.1 Å². The van der Waals surface area contributed by atoms with E-state index < -0.39 is 23.4 Å². The molecule has 0 radical (unpaired) electrons. The summed E-state index contributed by atoms with van der Waals surface area (Å²) in [5.41, 5.74) is -0.0102. The normalized spacial score (nSPS) is 12.4. The molecule has 0 bridgehead atoms. The van der Waals surface area contributed by atoms with Gasteiger partial charge in [-0.05, 0) is 39.0 Å². The molecular weight excluding hydrogens is 345 g/mol. The average molecular weight is 362 g/mol. The van der Waals surface area contributed by atoms with Gasteiger partial charge in [-0.25, -0.2) is 4.79 Å². The molecule has 0 aliphatic heterocycles. The van der Waals surface area contributed by atoms with Gasteiger partial charge >= 0.3 is 12.3 Å². The average Bonchev–Trinajstić information content (AvgIpc) is 2.92. The van der Waals surface area contributed by atoms with Gasteiger partial charge in [-0.15, -0.1) is 0 Å². The van der Waals surface area contributed by atoms with Gasteiger partial charge in [0, 0.05) is 10.9 Å². The lowest BCUT2D eigenvalue weighted by Gasteiger charge is -2.19. The quantitative estimate of drug-likeness (QED) is 0.574. The number of aromatic nitrogens is 2. The van der Waals surface area contributed by atoms with Crippen molar-refractivity contribution in [1.29, 1.82) is 0 Å². The molecule has 1 aromatic heterocycles. The Labute approximate surface area is 148 Å². The third-order valence-corrected chi connectivity index (χ3v) is 3.64. The van der Waals surface area contributed by atoms with Crippen LogP contribution in [0.2, 0.25) is 0 Å². The summed E-state index contributed by atoms with van der Waals surface area (Å²) in [6, 6.07) is 11.7. The molecule has 0 amide bonds. The lowest BCUT2D eigenvalue weighted by atomic mass is 10.1. The Morgan fingerprint density at radius 1 is 1.00 bits per heavy atom. The second-order valence-corrected chi connectivity index (χ2v) is 6.83. The number of carbonyl (C=O) groups excluding carboxylic acids is 1. The van der Waals surface area contributed by atoms with Crippen LogP contribution in [-0.4, -0.2) is 21.5 Å². The summed E-state index contributed by atoms with van der Waals surface area (Å²) in [5, 5.41) is 4.95. The summed E-state index contributed by atoms with van der Waals surface area (Å²) in [7, 11) is 0. The van der Waals surface area contributed by atoms with Crippen LogP contribution in [0.5, 0.6) is 0 Å². The van der Waals surface area contributed by atoms with E-state index in [1.807, 2.05) is 0 Å². The largest absolute Gasteiger partial charge is 0.442 e. The number of rotatable bonds is 1. The predicted octanol–water partition coefficient (Wildman–Crippen LogP) is 5.51. The number of halogens is 3. The first-order chi connectivity index (χ1) is 12.1. The molecule has 0 saturated heterocycles. The minimum atomic E-state index is -4.41. The van der Waals surface area contributed by atoms with Crippen LogP contribution in [0.15, 0.2) is 48.5 Å². The van der Waals surface area contributed by atoms with E-state index in [4.69, 9.17) is 4.74 Å². The molecule has 26 heavy (non-hydrogen) atoms. The summed E-state index contributed by atoms with van der Waals surface area (Å²) in [4.78, 5) is 12.4. The fourth-order valence-corrected chi connectivity index (χ4v) is 2.54. The Kier molecular flexibility index (Phi) is 4.26. The first-order valence-corrected chi connectivity index (χ1v) is 7.95. The van der Waals surface area contributed by atoms with Crippen molar-refractivity contribution in [3.63, 3.8) is 0 Å². The zero-order chi connectivity index (χ0) is 19.1. The van der Waals surface area contributed by atoms with Gasteiger partial charge in [-0.2, -0.15) is 23.0 Å². The maximum Gasteiger partial charge on any atom is 0.435 e. The molecule has 0 atom stereocenters.